The fourth-order valence-electron chi connectivity index (χ4n) is 0.913. The molecule has 0 nitrogen and oxygen atoms in total. The lowest BCUT2D eigenvalue weighted by Gasteiger charge is -2.27. The molecule has 0 aliphatic rings. The molecule has 0 saturated carbocycles. The Morgan fingerprint density at radius 2 is 1.55 bits per heavy atom. The molecule has 0 radical (unpaired) electrons. The van der Waals surface area contributed by atoms with Gasteiger partial charge in [0.25, 0.3) is 0 Å². The highest BCUT2D eigenvalue weighted by Crippen LogP contribution is 2.29. The van der Waals surface area contributed by atoms with E-state index in [4.69, 9.17) is 11.6 Å². The zero-order valence-electron chi connectivity index (χ0n) is 8.45. The Bertz CT molecular complexity index is 99.9. The van der Waals surface area contributed by atoms with Crippen LogP contribution in [0.25, 0.3) is 0 Å². The predicted molar refractivity (Wildman–Crippen MR) is 53.2 cm³/mol. The summed E-state index contributed by atoms with van der Waals surface area (Å²) in [5.41, 5.74) is 0.436. The van der Waals surface area contributed by atoms with E-state index in [1.807, 2.05) is 0 Å². The second-order valence-electron chi connectivity index (χ2n) is 4.63. The summed E-state index contributed by atoms with van der Waals surface area (Å²) in [7, 11) is 0. The number of halogens is 1. The molecule has 2 atom stereocenters. The van der Waals surface area contributed by atoms with Crippen LogP contribution in [0, 0.1) is 11.3 Å². The van der Waals surface area contributed by atoms with Crippen molar-refractivity contribution in [2.24, 2.45) is 11.3 Å². The molecule has 0 aromatic heterocycles. The van der Waals surface area contributed by atoms with Gasteiger partial charge in [0.1, 0.15) is 0 Å². The van der Waals surface area contributed by atoms with Crippen LogP contribution in [-0.4, -0.2) is 5.38 Å². The van der Waals surface area contributed by atoms with Gasteiger partial charge in [-0.2, -0.15) is 0 Å². The molecule has 0 aromatic rings. The van der Waals surface area contributed by atoms with Crippen LogP contribution in [0.1, 0.15) is 47.5 Å². The van der Waals surface area contributed by atoms with Gasteiger partial charge in [0.05, 0.1) is 0 Å². The molecule has 1 unspecified atom stereocenters. The van der Waals surface area contributed by atoms with Gasteiger partial charge in [0.2, 0.25) is 0 Å². The Hall–Kier alpha value is 0.290. The summed E-state index contributed by atoms with van der Waals surface area (Å²) in [6.45, 7) is 11.2. The molecule has 11 heavy (non-hydrogen) atoms. The van der Waals surface area contributed by atoms with Crippen molar-refractivity contribution < 1.29 is 0 Å². The Balaban J connectivity index is 3.61. The highest BCUT2D eigenvalue weighted by atomic mass is 35.5. The van der Waals surface area contributed by atoms with Crippen molar-refractivity contribution in [3.63, 3.8) is 0 Å². The Kier molecular flexibility index (Phi) is 4.46. The van der Waals surface area contributed by atoms with Crippen molar-refractivity contribution in [2.45, 2.75) is 52.8 Å². The quantitative estimate of drug-likeness (QED) is 0.569. The first kappa shape index (κ1) is 11.3. The first-order valence-corrected chi connectivity index (χ1v) is 4.91. The van der Waals surface area contributed by atoms with Crippen LogP contribution in [0.2, 0.25) is 0 Å². The monoisotopic (exact) mass is 176 g/mol. The maximum atomic E-state index is 5.87. The minimum absolute atomic E-state index is 0.333. The molecule has 0 bridgehead atoms. The Morgan fingerprint density at radius 1 is 1.09 bits per heavy atom. The highest BCUT2D eigenvalue weighted by Gasteiger charge is 2.19. The number of rotatable bonds is 3. The lowest BCUT2D eigenvalue weighted by atomic mass is 9.79. The standard InChI is InChI=1S/C10H21Cl/c1-8(10(3,4)5)6-7-9(2)11/h8-9H,6-7H2,1-5H3/t8?,9-/m1/s1. The van der Waals surface area contributed by atoms with Gasteiger partial charge in [0.15, 0.2) is 0 Å². The van der Waals surface area contributed by atoms with Crippen LogP contribution in [-0.2, 0) is 0 Å². The molecule has 68 valence electrons. The van der Waals surface area contributed by atoms with Gasteiger partial charge in [0, 0.05) is 5.38 Å². The summed E-state index contributed by atoms with van der Waals surface area (Å²) in [6.07, 6.45) is 2.38. The van der Waals surface area contributed by atoms with E-state index in [2.05, 4.69) is 34.6 Å². The van der Waals surface area contributed by atoms with Crippen LogP contribution in [0.3, 0.4) is 0 Å². The molecule has 0 N–H and O–H groups in total. The third-order valence-corrected chi connectivity index (χ3v) is 2.69. The SMILES string of the molecule is CC(CC[C@@H](C)Cl)C(C)(C)C. The van der Waals surface area contributed by atoms with Crippen molar-refractivity contribution in [1.82, 2.24) is 0 Å². The van der Waals surface area contributed by atoms with E-state index >= 15 is 0 Å². The normalized spacial score (nSPS) is 18.0. The predicted octanol–water partition coefficient (Wildman–Crippen LogP) is 4.08. The lowest BCUT2D eigenvalue weighted by molar-refractivity contribution is 0.242. The zero-order chi connectivity index (χ0) is 9.07. The fourth-order valence-corrected chi connectivity index (χ4v) is 1.04. The summed E-state index contributed by atoms with van der Waals surface area (Å²) in [5.74, 6) is 0.767. The first-order chi connectivity index (χ1) is 4.84. The minimum Gasteiger partial charge on any atom is -0.123 e. The largest absolute Gasteiger partial charge is 0.123 e. The van der Waals surface area contributed by atoms with E-state index in [-0.39, 0.29) is 0 Å². The molecule has 0 heterocycles. The van der Waals surface area contributed by atoms with E-state index in [1.165, 1.54) is 6.42 Å². The second-order valence-corrected chi connectivity index (χ2v) is 5.37. The molecule has 0 spiro atoms. The van der Waals surface area contributed by atoms with Crippen molar-refractivity contribution in [3.8, 4) is 0 Å². The van der Waals surface area contributed by atoms with Gasteiger partial charge < -0.3 is 0 Å². The van der Waals surface area contributed by atoms with Crippen LogP contribution in [0.15, 0.2) is 0 Å². The van der Waals surface area contributed by atoms with Gasteiger partial charge in [-0.15, -0.1) is 11.6 Å². The lowest BCUT2D eigenvalue weighted by Crippen LogP contribution is -2.17. The summed E-state index contributed by atoms with van der Waals surface area (Å²) in [6, 6.07) is 0. The Labute approximate surface area is 76.3 Å². The van der Waals surface area contributed by atoms with Crippen molar-refractivity contribution in [2.75, 3.05) is 0 Å². The molecular formula is C10H21Cl. The maximum absolute atomic E-state index is 5.87. The molecule has 1 heteroatoms. The summed E-state index contributed by atoms with van der Waals surface area (Å²) in [4.78, 5) is 0. The van der Waals surface area contributed by atoms with Gasteiger partial charge >= 0.3 is 0 Å². The minimum atomic E-state index is 0.333. The van der Waals surface area contributed by atoms with Crippen molar-refractivity contribution >= 4 is 11.6 Å². The maximum Gasteiger partial charge on any atom is 0.0307 e. The topological polar surface area (TPSA) is 0 Å². The molecule has 0 aliphatic carbocycles. The Morgan fingerprint density at radius 3 is 1.82 bits per heavy atom. The summed E-state index contributed by atoms with van der Waals surface area (Å²) in [5, 5.41) is 0.333. The second kappa shape index (κ2) is 4.35. The van der Waals surface area contributed by atoms with Crippen molar-refractivity contribution in [3.05, 3.63) is 0 Å². The van der Waals surface area contributed by atoms with Crippen molar-refractivity contribution in [1.29, 1.82) is 0 Å². The van der Waals surface area contributed by atoms with E-state index in [0.29, 0.717) is 10.8 Å². The smallest absolute Gasteiger partial charge is 0.0307 e. The number of hydrogen-bond donors (Lipinski definition) is 0. The highest BCUT2D eigenvalue weighted by molar-refractivity contribution is 6.20. The summed E-state index contributed by atoms with van der Waals surface area (Å²) >= 11 is 5.87. The number of hydrogen-bond acceptors (Lipinski definition) is 0. The third kappa shape index (κ3) is 5.55. The van der Waals surface area contributed by atoms with Crippen LogP contribution >= 0.6 is 11.6 Å². The third-order valence-electron chi connectivity index (χ3n) is 2.48. The fraction of sp³-hybridized carbons (Fsp3) is 1.00. The van der Waals surface area contributed by atoms with E-state index in [0.717, 1.165) is 12.3 Å². The molecule has 0 rings (SSSR count). The van der Waals surface area contributed by atoms with Gasteiger partial charge in [-0.05, 0) is 31.1 Å². The van der Waals surface area contributed by atoms with Crippen LogP contribution in [0.5, 0.6) is 0 Å². The molecule has 0 aliphatic heterocycles. The van der Waals surface area contributed by atoms with E-state index in [9.17, 15) is 0 Å². The molecule has 0 fully saturated rings. The van der Waals surface area contributed by atoms with E-state index < -0.39 is 0 Å². The van der Waals surface area contributed by atoms with E-state index in [1.54, 1.807) is 0 Å². The summed E-state index contributed by atoms with van der Waals surface area (Å²) < 4.78 is 0. The van der Waals surface area contributed by atoms with Crippen LogP contribution < -0.4 is 0 Å². The molecule has 0 amide bonds. The average molecular weight is 177 g/mol. The first-order valence-electron chi connectivity index (χ1n) is 4.48. The molecular weight excluding hydrogens is 156 g/mol. The van der Waals surface area contributed by atoms with Gasteiger partial charge in [-0.25, -0.2) is 0 Å². The average Bonchev–Trinajstić information content (AvgIpc) is 1.80. The molecule has 0 saturated heterocycles. The zero-order valence-corrected chi connectivity index (χ0v) is 9.20. The van der Waals surface area contributed by atoms with Gasteiger partial charge in [-0.1, -0.05) is 27.7 Å². The number of alkyl halides is 1. The van der Waals surface area contributed by atoms with Crippen LogP contribution in [0.4, 0.5) is 0 Å². The molecule has 0 aromatic carbocycles. The van der Waals surface area contributed by atoms with Gasteiger partial charge in [-0.3, -0.25) is 0 Å².